The normalized spacial score (nSPS) is 16.7. The highest BCUT2D eigenvalue weighted by atomic mass is 19.4. The van der Waals surface area contributed by atoms with Gasteiger partial charge in [0.1, 0.15) is 18.6 Å². The van der Waals surface area contributed by atoms with E-state index in [1.54, 1.807) is 12.1 Å². The number of nitrogens with zero attached hydrogens (tertiary/aromatic N) is 1. The first-order chi connectivity index (χ1) is 19.6. The summed E-state index contributed by atoms with van der Waals surface area (Å²) >= 11 is 0. The molecule has 0 saturated carbocycles. The molecule has 1 heterocycles. The molecule has 0 bridgehead atoms. The van der Waals surface area contributed by atoms with E-state index in [4.69, 9.17) is 9.47 Å². The number of hydrogen-bond donors (Lipinski definition) is 2. The number of alkyl halides is 3. The van der Waals surface area contributed by atoms with E-state index < -0.39 is 30.0 Å². The van der Waals surface area contributed by atoms with E-state index in [9.17, 15) is 27.9 Å². The molecule has 41 heavy (non-hydrogen) atoms. The molecule has 10 heteroatoms. The molecule has 0 radical (unpaired) electrons. The minimum absolute atomic E-state index is 0.123. The van der Waals surface area contributed by atoms with Crippen molar-refractivity contribution >= 4 is 17.7 Å². The number of aliphatic hydroxyl groups is 1. The molecule has 0 aromatic heterocycles. The van der Waals surface area contributed by atoms with Gasteiger partial charge < -0.3 is 19.9 Å². The largest absolute Gasteiger partial charge is 0.495 e. The number of benzene rings is 3. The lowest BCUT2D eigenvalue weighted by atomic mass is 9.93. The van der Waals surface area contributed by atoms with Gasteiger partial charge in [-0.1, -0.05) is 55.5 Å². The average Bonchev–Trinajstić information content (AvgIpc) is 3.31. The molecule has 1 aliphatic heterocycles. The molecule has 2 amide bonds. The number of carbonyl (C=O) groups is 2. The topological polar surface area (TPSA) is 88.1 Å². The van der Waals surface area contributed by atoms with Crippen LogP contribution in [0.25, 0.3) is 0 Å². The number of rotatable bonds is 11. The molecule has 1 fully saturated rings. The molecule has 1 saturated heterocycles. The Hall–Kier alpha value is -4.05. The Balaban J connectivity index is 1.44. The number of methoxy groups -OCH3 is 1. The van der Waals surface area contributed by atoms with Crippen LogP contribution in [0.5, 0.6) is 5.75 Å². The first-order valence-corrected chi connectivity index (χ1v) is 13.4. The number of ether oxygens (including phenoxy) is 2. The van der Waals surface area contributed by atoms with Gasteiger partial charge in [0, 0.05) is 5.92 Å². The van der Waals surface area contributed by atoms with Gasteiger partial charge in [-0.05, 0) is 60.2 Å². The summed E-state index contributed by atoms with van der Waals surface area (Å²) < 4.78 is 49.2. The molecule has 3 atom stereocenters. The van der Waals surface area contributed by atoms with E-state index in [2.05, 4.69) is 5.32 Å². The lowest BCUT2D eigenvalue weighted by Crippen LogP contribution is -2.47. The van der Waals surface area contributed by atoms with Crippen molar-refractivity contribution in [1.82, 2.24) is 4.90 Å². The van der Waals surface area contributed by atoms with Crippen molar-refractivity contribution < 1.29 is 37.3 Å². The zero-order chi connectivity index (χ0) is 29.6. The van der Waals surface area contributed by atoms with Crippen molar-refractivity contribution in [1.29, 1.82) is 0 Å². The summed E-state index contributed by atoms with van der Waals surface area (Å²) in [5, 5.41) is 14.1. The molecule has 0 aliphatic carbocycles. The lowest BCUT2D eigenvalue weighted by Gasteiger charge is -2.32. The van der Waals surface area contributed by atoms with E-state index in [0.29, 0.717) is 36.3 Å². The van der Waals surface area contributed by atoms with Crippen LogP contribution in [0.15, 0.2) is 72.8 Å². The summed E-state index contributed by atoms with van der Waals surface area (Å²) in [5.41, 5.74) is 1.88. The molecule has 3 aromatic carbocycles. The minimum Gasteiger partial charge on any atom is -0.495 e. The van der Waals surface area contributed by atoms with E-state index in [-0.39, 0.29) is 25.0 Å². The van der Waals surface area contributed by atoms with Crippen molar-refractivity contribution in [3.05, 3.63) is 95.1 Å². The van der Waals surface area contributed by atoms with Gasteiger partial charge in [-0.3, -0.25) is 9.69 Å². The maximum absolute atomic E-state index is 12.8. The Morgan fingerprint density at radius 2 is 1.76 bits per heavy atom. The molecule has 7 nitrogen and oxygen atoms in total. The standard InChI is InChI=1S/C31H33F3N2O5/c1-3-23(29(38)36-25(19-41-30(36)39)16-20-7-5-4-6-8-20)15-22-11-14-27(40-2)26(17-22)35-28(37)18-21-9-12-24(13-10-21)31(32,33)34/h4-14,17,23,25,29,38H,3,15-16,18-19H2,1-2H3,(H,35,37)/t23-,25+,29?/m0/s1. The number of anilines is 1. The fraction of sp³-hybridized carbons (Fsp3) is 0.355. The molecule has 2 N–H and O–H groups in total. The zero-order valence-corrected chi connectivity index (χ0v) is 22.9. The van der Waals surface area contributed by atoms with E-state index in [1.165, 1.54) is 24.1 Å². The first kappa shape index (κ1) is 29.9. The van der Waals surface area contributed by atoms with Crippen LogP contribution in [0.2, 0.25) is 0 Å². The molecule has 1 unspecified atom stereocenters. The fourth-order valence-corrected chi connectivity index (χ4v) is 5.00. The smallest absolute Gasteiger partial charge is 0.416 e. The Morgan fingerprint density at radius 3 is 2.39 bits per heavy atom. The molecule has 4 rings (SSSR count). The van der Waals surface area contributed by atoms with E-state index in [1.807, 2.05) is 43.3 Å². The molecule has 1 aliphatic rings. The maximum Gasteiger partial charge on any atom is 0.416 e. The van der Waals surface area contributed by atoms with Gasteiger partial charge in [-0.15, -0.1) is 0 Å². The molecule has 0 spiro atoms. The molecule has 218 valence electrons. The van der Waals surface area contributed by atoms with Crippen molar-refractivity contribution in [2.45, 2.75) is 51.1 Å². The van der Waals surface area contributed by atoms with Gasteiger partial charge in [-0.25, -0.2) is 4.79 Å². The van der Waals surface area contributed by atoms with Crippen LogP contribution in [-0.4, -0.2) is 48.0 Å². The fourth-order valence-electron chi connectivity index (χ4n) is 5.00. The molecule has 3 aromatic rings. The van der Waals surface area contributed by atoms with Crippen LogP contribution >= 0.6 is 0 Å². The number of cyclic esters (lactones) is 1. The van der Waals surface area contributed by atoms with Gasteiger partial charge >= 0.3 is 12.3 Å². The van der Waals surface area contributed by atoms with Gasteiger partial charge in [0.25, 0.3) is 0 Å². The Morgan fingerprint density at radius 1 is 1.07 bits per heavy atom. The van der Waals surface area contributed by atoms with Crippen molar-refractivity contribution in [3.63, 3.8) is 0 Å². The predicted molar refractivity (Wildman–Crippen MR) is 147 cm³/mol. The van der Waals surface area contributed by atoms with Crippen LogP contribution in [0.4, 0.5) is 23.7 Å². The Bertz CT molecular complexity index is 1330. The highest BCUT2D eigenvalue weighted by Gasteiger charge is 2.40. The number of amides is 2. The van der Waals surface area contributed by atoms with Gasteiger partial charge in [-0.2, -0.15) is 13.2 Å². The average molecular weight is 571 g/mol. The van der Waals surface area contributed by atoms with Crippen LogP contribution in [0.1, 0.15) is 35.6 Å². The van der Waals surface area contributed by atoms with Crippen LogP contribution in [0.3, 0.4) is 0 Å². The number of nitrogens with one attached hydrogen (secondary N) is 1. The summed E-state index contributed by atoms with van der Waals surface area (Å²) in [5.74, 6) is -0.326. The maximum atomic E-state index is 12.8. The lowest BCUT2D eigenvalue weighted by molar-refractivity contribution is -0.137. The Labute approximate surface area is 236 Å². The van der Waals surface area contributed by atoms with Crippen LogP contribution < -0.4 is 10.1 Å². The summed E-state index contributed by atoms with van der Waals surface area (Å²) in [6.07, 6.45) is -4.67. The Kier molecular flexibility index (Phi) is 9.54. The van der Waals surface area contributed by atoms with Gasteiger partial charge in [0.15, 0.2) is 0 Å². The van der Waals surface area contributed by atoms with Crippen molar-refractivity contribution in [2.75, 3.05) is 19.0 Å². The molecular weight excluding hydrogens is 537 g/mol. The second-order valence-corrected chi connectivity index (χ2v) is 10.1. The minimum atomic E-state index is -4.45. The third-order valence-corrected chi connectivity index (χ3v) is 7.23. The summed E-state index contributed by atoms with van der Waals surface area (Å²) in [6, 6.07) is 19.1. The van der Waals surface area contributed by atoms with Gasteiger partial charge in [0.05, 0.1) is 30.8 Å². The second kappa shape index (κ2) is 13.1. The monoisotopic (exact) mass is 570 g/mol. The van der Waals surface area contributed by atoms with E-state index in [0.717, 1.165) is 23.3 Å². The summed E-state index contributed by atoms with van der Waals surface area (Å²) in [6.45, 7) is 2.12. The highest BCUT2D eigenvalue weighted by molar-refractivity contribution is 5.93. The third-order valence-electron chi connectivity index (χ3n) is 7.23. The highest BCUT2D eigenvalue weighted by Crippen LogP contribution is 2.31. The number of aliphatic hydroxyl groups excluding tert-OH is 1. The molecular formula is C31H33F3N2O5. The first-order valence-electron chi connectivity index (χ1n) is 13.4. The zero-order valence-electron chi connectivity index (χ0n) is 22.9. The van der Waals surface area contributed by atoms with E-state index >= 15 is 0 Å². The van der Waals surface area contributed by atoms with Crippen molar-refractivity contribution in [2.24, 2.45) is 5.92 Å². The number of hydrogen-bond acceptors (Lipinski definition) is 5. The van der Waals surface area contributed by atoms with Crippen LogP contribution in [0, 0.1) is 5.92 Å². The van der Waals surface area contributed by atoms with Crippen molar-refractivity contribution in [3.8, 4) is 5.75 Å². The van der Waals surface area contributed by atoms with Crippen LogP contribution in [-0.2, 0) is 35.0 Å². The predicted octanol–water partition coefficient (Wildman–Crippen LogP) is 5.85. The summed E-state index contributed by atoms with van der Waals surface area (Å²) in [7, 11) is 1.46. The number of halogens is 3. The quantitative estimate of drug-likeness (QED) is 0.302. The third kappa shape index (κ3) is 7.58. The van der Waals surface area contributed by atoms with Gasteiger partial charge in [0.2, 0.25) is 5.91 Å². The second-order valence-electron chi connectivity index (χ2n) is 10.1. The summed E-state index contributed by atoms with van der Waals surface area (Å²) in [4.78, 5) is 26.7. The SMILES string of the molecule is CC[C@@H](Cc1ccc(OC)c(NC(=O)Cc2ccc(C(F)(F)F)cc2)c1)C(O)N1C(=O)OC[C@H]1Cc1ccccc1. The number of carbonyl (C=O) groups excluding carboxylic acids is 2.